The molecule has 1 rings (SSSR count). The summed E-state index contributed by atoms with van der Waals surface area (Å²) < 4.78 is 0. The summed E-state index contributed by atoms with van der Waals surface area (Å²) in [5.74, 6) is 1.82. The summed E-state index contributed by atoms with van der Waals surface area (Å²) in [6.07, 6.45) is 6.74. The molecule has 0 aliphatic heterocycles. The van der Waals surface area contributed by atoms with Gasteiger partial charge in [-0.1, -0.05) is 26.7 Å². The van der Waals surface area contributed by atoms with Crippen LogP contribution in [0, 0.1) is 6.92 Å². The maximum Gasteiger partial charge on any atom is 0.224 e. The van der Waals surface area contributed by atoms with Crippen LogP contribution < -0.4 is 10.2 Å². The first kappa shape index (κ1) is 16.7. The summed E-state index contributed by atoms with van der Waals surface area (Å²) in [5.41, 5.74) is 1.15. The lowest BCUT2D eigenvalue weighted by Crippen LogP contribution is -2.33. The Hall–Kier alpha value is -1.32. The molecule has 0 unspecified atom stereocenters. The van der Waals surface area contributed by atoms with E-state index in [1.54, 1.807) is 0 Å². The third-order valence-electron chi connectivity index (χ3n) is 3.38. The van der Waals surface area contributed by atoms with Crippen LogP contribution in [0.2, 0.25) is 0 Å². The van der Waals surface area contributed by atoms with Gasteiger partial charge in [0.15, 0.2) is 0 Å². The lowest BCUT2D eigenvalue weighted by atomic mass is 10.2. The van der Waals surface area contributed by atoms with E-state index in [0.717, 1.165) is 36.8 Å². The van der Waals surface area contributed by atoms with Gasteiger partial charge >= 0.3 is 0 Å². The molecule has 1 aromatic heterocycles. The van der Waals surface area contributed by atoms with E-state index in [-0.39, 0.29) is 0 Å². The van der Waals surface area contributed by atoms with Gasteiger partial charge in [0.1, 0.15) is 5.82 Å². The zero-order valence-corrected chi connectivity index (χ0v) is 13.7. The molecule has 0 saturated heterocycles. The average molecular weight is 278 g/mol. The van der Waals surface area contributed by atoms with Gasteiger partial charge in [0, 0.05) is 30.9 Å². The van der Waals surface area contributed by atoms with Crippen molar-refractivity contribution in [2.24, 2.45) is 0 Å². The quantitative estimate of drug-likeness (QED) is 0.693. The molecular weight excluding hydrogens is 248 g/mol. The molecule has 0 spiro atoms. The molecule has 20 heavy (non-hydrogen) atoms. The minimum Gasteiger partial charge on any atom is -0.354 e. The summed E-state index contributed by atoms with van der Waals surface area (Å²) in [5, 5.41) is 3.27. The van der Waals surface area contributed by atoms with Gasteiger partial charge in [-0.2, -0.15) is 4.98 Å². The average Bonchev–Trinajstić information content (AvgIpc) is 2.43. The predicted molar refractivity (Wildman–Crippen MR) is 87.6 cm³/mol. The van der Waals surface area contributed by atoms with Gasteiger partial charge in [0.25, 0.3) is 0 Å². The number of nitrogens with one attached hydrogen (secondary N) is 1. The van der Waals surface area contributed by atoms with Crippen LogP contribution in [-0.2, 0) is 0 Å². The van der Waals surface area contributed by atoms with Gasteiger partial charge in [0.05, 0.1) is 0 Å². The van der Waals surface area contributed by atoms with E-state index >= 15 is 0 Å². The third-order valence-corrected chi connectivity index (χ3v) is 3.38. The summed E-state index contributed by atoms with van der Waals surface area (Å²) in [6.45, 7) is 12.9. The van der Waals surface area contributed by atoms with E-state index in [0.29, 0.717) is 6.04 Å². The standard InChI is InChI=1S/C16H30N4/c1-6-8-9-11-20(13(3)4)15-14(5)12-18-16(19-15)17-10-7-2/h12-13H,6-11H2,1-5H3,(H,17,18,19). The molecule has 0 radical (unpaired) electrons. The fraction of sp³-hybridized carbons (Fsp3) is 0.750. The van der Waals surface area contributed by atoms with Crippen molar-refractivity contribution in [3.05, 3.63) is 11.8 Å². The van der Waals surface area contributed by atoms with Gasteiger partial charge < -0.3 is 10.2 Å². The van der Waals surface area contributed by atoms with Crippen LogP contribution in [0.1, 0.15) is 58.9 Å². The number of hydrogen-bond donors (Lipinski definition) is 1. The van der Waals surface area contributed by atoms with Gasteiger partial charge in [-0.25, -0.2) is 4.98 Å². The van der Waals surface area contributed by atoms with Crippen LogP contribution in [-0.4, -0.2) is 29.1 Å². The predicted octanol–water partition coefficient (Wildman–Crippen LogP) is 4.01. The second-order valence-electron chi connectivity index (χ2n) is 5.62. The number of aromatic nitrogens is 2. The summed E-state index contributed by atoms with van der Waals surface area (Å²) >= 11 is 0. The van der Waals surface area contributed by atoms with Crippen molar-refractivity contribution in [3.8, 4) is 0 Å². The second-order valence-corrected chi connectivity index (χ2v) is 5.62. The van der Waals surface area contributed by atoms with Crippen molar-refractivity contribution < 1.29 is 0 Å². The number of aryl methyl sites for hydroxylation is 1. The number of anilines is 2. The molecule has 0 bridgehead atoms. The molecule has 1 N–H and O–H groups in total. The summed E-state index contributed by atoms with van der Waals surface area (Å²) in [7, 11) is 0. The lowest BCUT2D eigenvalue weighted by molar-refractivity contribution is 0.618. The minimum absolute atomic E-state index is 0.458. The van der Waals surface area contributed by atoms with E-state index < -0.39 is 0 Å². The third kappa shape index (κ3) is 4.99. The van der Waals surface area contributed by atoms with E-state index in [2.05, 4.69) is 49.8 Å². The number of rotatable bonds is 9. The first-order valence-electron chi connectivity index (χ1n) is 7.94. The fourth-order valence-corrected chi connectivity index (χ4v) is 2.19. The van der Waals surface area contributed by atoms with Crippen LogP contribution in [0.5, 0.6) is 0 Å². The summed E-state index contributed by atoms with van der Waals surface area (Å²) in [4.78, 5) is 11.5. The minimum atomic E-state index is 0.458. The maximum atomic E-state index is 4.71. The molecule has 0 aliphatic rings. The number of nitrogens with zero attached hydrogens (tertiary/aromatic N) is 3. The first-order valence-corrected chi connectivity index (χ1v) is 7.94. The van der Waals surface area contributed by atoms with Crippen LogP contribution in [0.25, 0.3) is 0 Å². The molecule has 0 fully saturated rings. The molecule has 0 aliphatic carbocycles. The monoisotopic (exact) mass is 278 g/mol. The Morgan fingerprint density at radius 3 is 2.55 bits per heavy atom. The second kappa shape index (κ2) is 8.77. The Bertz CT molecular complexity index is 390. The Labute approximate surface area is 124 Å². The molecule has 1 aromatic rings. The van der Waals surface area contributed by atoms with Gasteiger partial charge in [-0.15, -0.1) is 0 Å². The van der Waals surface area contributed by atoms with E-state index in [1.165, 1.54) is 19.3 Å². The Morgan fingerprint density at radius 2 is 1.95 bits per heavy atom. The molecule has 4 nitrogen and oxygen atoms in total. The van der Waals surface area contributed by atoms with Crippen molar-refractivity contribution in [2.45, 2.75) is 66.3 Å². The van der Waals surface area contributed by atoms with E-state index in [4.69, 9.17) is 4.98 Å². The maximum absolute atomic E-state index is 4.71. The van der Waals surface area contributed by atoms with Gasteiger partial charge in [-0.05, 0) is 33.6 Å². The highest BCUT2D eigenvalue weighted by atomic mass is 15.2. The molecule has 1 heterocycles. The number of hydrogen-bond acceptors (Lipinski definition) is 4. The van der Waals surface area contributed by atoms with Crippen LogP contribution >= 0.6 is 0 Å². The molecule has 0 atom stereocenters. The van der Waals surface area contributed by atoms with Crippen LogP contribution in [0.4, 0.5) is 11.8 Å². The topological polar surface area (TPSA) is 41.1 Å². The van der Waals surface area contributed by atoms with E-state index in [9.17, 15) is 0 Å². The zero-order chi connectivity index (χ0) is 15.0. The van der Waals surface area contributed by atoms with Crippen molar-refractivity contribution in [1.29, 1.82) is 0 Å². The SMILES string of the molecule is CCCCCN(c1nc(NCCC)ncc1C)C(C)C. The van der Waals surface area contributed by atoms with Gasteiger partial charge in [0.2, 0.25) is 5.95 Å². The first-order chi connectivity index (χ1) is 9.60. The van der Waals surface area contributed by atoms with Crippen molar-refractivity contribution in [3.63, 3.8) is 0 Å². The Balaban J connectivity index is 2.87. The Kier molecular flexibility index (Phi) is 7.34. The highest BCUT2D eigenvalue weighted by molar-refractivity contribution is 5.49. The highest BCUT2D eigenvalue weighted by Crippen LogP contribution is 2.21. The molecular formula is C16H30N4. The van der Waals surface area contributed by atoms with E-state index in [1.807, 2.05) is 6.20 Å². The largest absolute Gasteiger partial charge is 0.354 e. The molecule has 0 aromatic carbocycles. The molecule has 0 saturated carbocycles. The van der Waals surface area contributed by atoms with Crippen molar-refractivity contribution >= 4 is 11.8 Å². The molecule has 4 heteroatoms. The normalized spacial score (nSPS) is 10.9. The van der Waals surface area contributed by atoms with Crippen molar-refractivity contribution in [2.75, 3.05) is 23.3 Å². The number of unbranched alkanes of at least 4 members (excludes halogenated alkanes) is 2. The van der Waals surface area contributed by atoms with Gasteiger partial charge in [-0.3, -0.25) is 0 Å². The van der Waals surface area contributed by atoms with Crippen LogP contribution in [0.3, 0.4) is 0 Å². The zero-order valence-electron chi connectivity index (χ0n) is 13.7. The van der Waals surface area contributed by atoms with Crippen molar-refractivity contribution in [1.82, 2.24) is 9.97 Å². The lowest BCUT2D eigenvalue weighted by Gasteiger charge is -2.29. The van der Waals surface area contributed by atoms with Crippen LogP contribution in [0.15, 0.2) is 6.20 Å². The molecule has 0 amide bonds. The summed E-state index contributed by atoms with van der Waals surface area (Å²) in [6, 6.07) is 0.458. The Morgan fingerprint density at radius 1 is 1.20 bits per heavy atom. The molecule has 114 valence electrons. The highest BCUT2D eigenvalue weighted by Gasteiger charge is 2.15. The smallest absolute Gasteiger partial charge is 0.224 e. The fourth-order valence-electron chi connectivity index (χ4n) is 2.19.